The van der Waals surface area contributed by atoms with Crippen LogP contribution < -0.4 is 10.6 Å². The van der Waals surface area contributed by atoms with Crippen molar-refractivity contribution < 1.29 is 4.39 Å². The zero-order valence-corrected chi connectivity index (χ0v) is 13.8. The minimum atomic E-state index is -0.151. The summed E-state index contributed by atoms with van der Waals surface area (Å²) in [5.74, 6) is 0.429. The second-order valence-corrected chi connectivity index (χ2v) is 6.93. The molecule has 0 bridgehead atoms. The maximum atomic E-state index is 13.9. The molecule has 0 heterocycles. The van der Waals surface area contributed by atoms with Gasteiger partial charge in [-0.05, 0) is 55.9 Å². The highest BCUT2D eigenvalue weighted by Gasteiger charge is 2.26. The number of halogens is 1. The molecular formula is C18H29FN2. The van der Waals surface area contributed by atoms with Crippen molar-refractivity contribution >= 4 is 5.69 Å². The fourth-order valence-electron chi connectivity index (χ4n) is 3.35. The summed E-state index contributed by atoms with van der Waals surface area (Å²) in [6, 6.07) is 4.06. The predicted molar refractivity (Wildman–Crippen MR) is 88.2 cm³/mol. The van der Waals surface area contributed by atoms with Crippen LogP contribution >= 0.6 is 0 Å². The topological polar surface area (TPSA) is 29.3 Å². The maximum Gasteiger partial charge on any atom is 0.126 e. The smallest absolute Gasteiger partial charge is 0.126 e. The first-order valence-electron chi connectivity index (χ1n) is 8.22. The van der Waals surface area contributed by atoms with Gasteiger partial charge in [-0.25, -0.2) is 4.39 Å². The molecule has 0 saturated heterocycles. The zero-order chi connectivity index (χ0) is 15.6. The molecule has 1 atom stereocenters. The molecule has 1 aliphatic rings. The van der Waals surface area contributed by atoms with Crippen LogP contribution in [0.4, 0.5) is 10.1 Å². The van der Waals surface area contributed by atoms with E-state index in [0.717, 1.165) is 17.8 Å². The predicted octanol–water partition coefficient (Wildman–Crippen LogP) is 4.56. The van der Waals surface area contributed by atoms with E-state index in [-0.39, 0.29) is 11.9 Å². The molecule has 1 saturated carbocycles. The van der Waals surface area contributed by atoms with Crippen molar-refractivity contribution in [3.63, 3.8) is 0 Å². The third kappa shape index (κ3) is 3.76. The zero-order valence-electron chi connectivity index (χ0n) is 13.8. The average molecular weight is 292 g/mol. The van der Waals surface area contributed by atoms with Gasteiger partial charge < -0.3 is 10.6 Å². The summed E-state index contributed by atoms with van der Waals surface area (Å²) in [6.07, 6.45) is 5.07. The SMILES string of the molecule is Cc1cc(N(CC(C)C)C2CCCC2)c(C(C)N)cc1F. The van der Waals surface area contributed by atoms with E-state index in [0.29, 0.717) is 17.5 Å². The lowest BCUT2D eigenvalue weighted by atomic mass is 10.00. The molecule has 2 rings (SSSR count). The van der Waals surface area contributed by atoms with Crippen molar-refractivity contribution in [2.45, 2.75) is 65.5 Å². The Morgan fingerprint density at radius 3 is 2.38 bits per heavy atom. The Morgan fingerprint density at radius 2 is 1.86 bits per heavy atom. The Bertz CT molecular complexity index is 476. The highest BCUT2D eigenvalue weighted by atomic mass is 19.1. The van der Waals surface area contributed by atoms with Crippen LogP contribution in [-0.2, 0) is 0 Å². The van der Waals surface area contributed by atoms with Crippen LogP contribution in [0.1, 0.15) is 63.6 Å². The van der Waals surface area contributed by atoms with E-state index >= 15 is 0 Å². The minimum absolute atomic E-state index is 0.147. The summed E-state index contributed by atoms with van der Waals surface area (Å²) < 4.78 is 13.9. The van der Waals surface area contributed by atoms with E-state index in [4.69, 9.17) is 5.73 Å². The molecule has 1 aliphatic carbocycles. The summed E-state index contributed by atoms with van der Waals surface area (Å²) in [6.45, 7) is 9.27. The van der Waals surface area contributed by atoms with E-state index in [1.54, 1.807) is 6.07 Å². The Morgan fingerprint density at radius 1 is 1.24 bits per heavy atom. The van der Waals surface area contributed by atoms with Gasteiger partial charge in [0.2, 0.25) is 0 Å². The molecule has 2 nitrogen and oxygen atoms in total. The standard InChI is InChI=1S/C18H29FN2/c1-12(2)11-21(15-7-5-6-8-15)18-9-13(3)17(19)10-16(18)14(4)20/h9-10,12,14-15H,5-8,11,20H2,1-4H3. The highest BCUT2D eigenvalue weighted by Crippen LogP contribution is 2.34. The Balaban J connectivity index is 2.44. The second-order valence-electron chi connectivity index (χ2n) is 6.93. The molecule has 118 valence electrons. The number of aryl methyl sites for hydroxylation is 1. The molecule has 1 aromatic rings. The first-order valence-corrected chi connectivity index (χ1v) is 8.22. The molecule has 3 heteroatoms. The van der Waals surface area contributed by atoms with Crippen LogP contribution in [0.3, 0.4) is 0 Å². The lowest BCUT2D eigenvalue weighted by molar-refractivity contribution is 0.531. The molecule has 1 fully saturated rings. The number of nitrogens with two attached hydrogens (primary N) is 1. The third-order valence-electron chi connectivity index (χ3n) is 4.44. The molecule has 2 N–H and O–H groups in total. The van der Waals surface area contributed by atoms with Crippen molar-refractivity contribution in [2.75, 3.05) is 11.4 Å². The lowest BCUT2D eigenvalue weighted by Gasteiger charge is -2.35. The summed E-state index contributed by atoms with van der Waals surface area (Å²) >= 11 is 0. The number of rotatable bonds is 5. The van der Waals surface area contributed by atoms with Gasteiger partial charge in [-0.3, -0.25) is 0 Å². The highest BCUT2D eigenvalue weighted by molar-refractivity contribution is 5.58. The summed E-state index contributed by atoms with van der Waals surface area (Å²) in [5.41, 5.74) is 8.90. The van der Waals surface area contributed by atoms with Gasteiger partial charge in [-0.2, -0.15) is 0 Å². The van der Waals surface area contributed by atoms with Gasteiger partial charge in [0, 0.05) is 24.3 Å². The molecule has 0 spiro atoms. The van der Waals surface area contributed by atoms with E-state index in [9.17, 15) is 4.39 Å². The minimum Gasteiger partial charge on any atom is -0.368 e. The third-order valence-corrected chi connectivity index (χ3v) is 4.44. The van der Waals surface area contributed by atoms with Crippen molar-refractivity contribution in [1.82, 2.24) is 0 Å². The fourth-order valence-corrected chi connectivity index (χ4v) is 3.35. The maximum absolute atomic E-state index is 13.9. The van der Waals surface area contributed by atoms with Crippen molar-refractivity contribution in [2.24, 2.45) is 11.7 Å². The van der Waals surface area contributed by atoms with Gasteiger partial charge in [-0.1, -0.05) is 26.7 Å². The quantitative estimate of drug-likeness (QED) is 0.862. The Labute approximate surface area is 128 Å². The average Bonchev–Trinajstić information content (AvgIpc) is 2.92. The van der Waals surface area contributed by atoms with Crippen molar-refractivity contribution in [3.05, 3.63) is 29.1 Å². The molecular weight excluding hydrogens is 263 g/mol. The number of nitrogens with zero attached hydrogens (tertiary/aromatic N) is 1. The number of anilines is 1. The summed E-state index contributed by atoms with van der Waals surface area (Å²) in [5, 5.41) is 0. The molecule has 0 radical (unpaired) electrons. The van der Waals surface area contributed by atoms with E-state index < -0.39 is 0 Å². The largest absolute Gasteiger partial charge is 0.368 e. The van der Waals surface area contributed by atoms with Gasteiger partial charge >= 0.3 is 0 Å². The van der Waals surface area contributed by atoms with E-state index in [1.165, 1.54) is 25.7 Å². The lowest BCUT2D eigenvalue weighted by Crippen LogP contribution is -2.37. The summed E-state index contributed by atoms with van der Waals surface area (Å²) in [7, 11) is 0. The van der Waals surface area contributed by atoms with Crippen molar-refractivity contribution in [3.8, 4) is 0 Å². The number of hydrogen-bond donors (Lipinski definition) is 1. The molecule has 1 aromatic carbocycles. The number of benzene rings is 1. The van der Waals surface area contributed by atoms with E-state index in [2.05, 4.69) is 18.7 Å². The normalized spacial score (nSPS) is 17.5. The fraction of sp³-hybridized carbons (Fsp3) is 0.667. The Hall–Kier alpha value is -1.09. The molecule has 1 unspecified atom stereocenters. The van der Waals surface area contributed by atoms with Gasteiger partial charge in [0.15, 0.2) is 0 Å². The molecule has 0 aromatic heterocycles. The Kier molecular flexibility index (Phi) is 5.26. The first-order chi connectivity index (χ1) is 9.90. The van der Waals surface area contributed by atoms with Crippen LogP contribution in [0.25, 0.3) is 0 Å². The van der Waals surface area contributed by atoms with Crippen LogP contribution in [0, 0.1) is 18.7 Å². The van der Waals surface area contributed by atoms with Crippen LogP contribution in [0.2, 0.25) is 0 Å². The first kappa shape index (κ1) is 16.3. The van der Waals surface area contributed by atoms with Gasteiger partial charge in [0.05, 0.1) is 0 Å². The monoisotopic (exact) mass is 292 g/mol. The van der Waals surface area contributed by atoms with Crippen LogP contribution in [0.15, 0.2) is 12.1 Å². The molecule has 0 amide bonds. The van der Waals surface area contributed by atoms with Gasteiger partial charge in [0.1, 0.15) is 5.82 Å². The summed E-state index contributed by atoms with van der Waals surface area (Å²) in [4.78, 5) is 2.49. The van der Waals surface area contributed by atoms with Gasteiger partial charge in [0.25, 0.3) is 0 Å². The second kappa shape index (κ2) is 6.78. The van der Waals surface area contributed by atoms with Gasteiger partial charge in [-0.15, -0.1) is 0 Å². The van der Waals surface area contributed by atoms with Crippen LogP contribution in [0.5, 0.6) is 0 Å². The molecule has 21 heavy (non-hydrogen) atoms. The molecule has 0 aliphatic heterocycles. The van der Waals surface area contributed by atoms with E-state index in [1.807, 2.05) is 19.9 Å². The van der Waals surface area contributed by atoms with Crippen molar-refractivity contribution in [1.29, 1.82) is 0 Å². The number of hydrogen-bond acceptors (Lipinski definition) is 2. The van der Waals surface area contributed by atoms with Crippen LogP contribution in [-0.4, -0.2) is 12.6 Å².